The van der Waals surface area contributed by atoms with Gasteiger partial charge in [0.1, 0.15) is 5.82 Å². The molecule has 5 nitrogen and oxygen atoms in total. The van der Waals surface area contributed by atoms with Crippen LogP contribution in [0.15, 0.2) is 41.2 Å². The van der Waals surface area contributed by atoms with E-state index in [-0.39, 0.29) is 5.56 Å². The van der Waals surface area contributed by atoms with Crippen LogP contribution in [0.2, 0.25) is 0 Å². The van der Waals surface area contributed by atoms with Crippen molar-refractivity contribution in [1.29, 1.82) is 0 Å². The number of aromatic nitrogens is 2. The maximum atomic E-state index is 12.8. The summed E-state index contributed by atoms with van der Waals surface area (Å²) in [5, 5.41) is 0.657. The van der Waals surface area contributed by atoms with Crippen LogP contribution in [0.25, 0.3) is 10.9 Å². The molecule has 0 atom stereocenters. The van der Waals surface area contributed by atoms with Gasteiger partial charge in [0.2, 0.25) is 0 Å². The highest BCUT2D eigenvalue weighted by atomic mass is 127. The molecule has 1 heterocycles. The highest BCUT2D eigenvalue weighted by Crippen LogP contribution is 2.27. The first-order valence-electron chi connectivity index (χ1n) is 7.91. The first-order chi connectivity index (χ1) is 12.0. The van der Waals surface area contributed by atoms with Crippen LogP contribution in [-0.4, -0.2) is 23.8 Å². The molecule has 0 aliphatic carbocycles. The van der Waals surface area contributed by atoms with Gasteiger partial charge in [-0.25, -0.2) is 4.98 Å². The molecule has 25 heavy (non-hydrogen) atoms. The molecule has 2 aromatic carbocycles. The zero-order valence-corrected chi connectivity index (χ0v) is 16.5. The SMILES string of the molecule is COc1ccc(CCn2c(C)nc3ccc(I)cc3c2=O)cc1OC. The monoisotopic (exact) mass is 450 g/mol. The van der Waals surface area contributed by atoms with Gasteiger partial charge in [-0.1, -0.05) is 6.07 Å². The van der Waals surface area contributed by atoms with Crippen LogP contribution in [0.1, 0.15) is 11.4 Å². The number of aryl methyl sites for hydroxylation is 2. The van der Waals surface area contributed by atoms with Crippen molar-refractivity contribution < 1.29 is 9.47 Å². The number of ether oxygens (including phenoxy) is 2. The van der Waals surface area contributed by atoms with Crippen LogP contribution in [-0.2, 0) is 13.0 Å². The van der Waals surface area contributed by atoms with Gasteiger partial charge in [0.15, 0.2) is 11.5 Å². The molecule has 0 unspecified atom stereocenters. The maximum Gasteiger partial charge on any atom is 0.261 e. The fourth-order valence-corrected chi connectivity index (χ4v) is 3.34. The van der Waals surface area contributed by atoms with Gasteiger partial charge in [-0.15, -0.1) is 0 Å². The predicted molar refractivity (Wildman–Crippen MR) is 107 cm³/mol. The molecular formula is C19H19IN2O3. The molecule has 0 aliphatic heterocycles. The number of hydrogen-bond acceptors (Lipinski definition) is 4. The maximum absolute atomic E-state index is 12.8. The van der Waals surface area contributed by atoms with Crippen molar-refractivity contribution in [3.05, 3.63) is 61.7 Å². The smallest absolute Gasteiger partial charge is 0.261 e. The van der Waals surface area contributed by atoms with Crippen molar-refractivity contribution in [2.24, 2.45) is 0 Å². The number of rotatable bonds is 5. The minimum absolute atomic E-state index is 0.00138. The van der Waals surface area contributed by atoms with Crippen molar-refractivity contribution in [3.63, 3.8) is 0 Å². The van der Waals surface area contributed by atoms with Gasteiger partial charge < -0.3 is 9.47 Å². The Morgan fingerprint density at radius 1 is 1.08 bits per heavy atom. The second-order valence-corrected chi connectivity index (χ2v) is 6.96. The lowest BCUT2D eigenvalue weighted by Crippen LogP contribution is -2.25. The van der Waals surface area contributed by atoms with E-state index in [1.807, 2.05) is 43.3 Å². The molecule has 0 amide bonds. The molecule has 0 saturated carbocycles. The molecule has 1 aromatic heterocycles. The van der Waals surface area contributed by atoms with Gasteiger partial charge in [-0.2, -0.15) is 0 Å². The third-order valence-electron chi connectivity index (χ3n) is 4.18. The molecule has 0 saturated heterocycles. The van der Waals surface area contributed by atoms with Gasteiger partial charge in [-0.05, 0) is 71.8 Å². The molecule has 3 rings (SSSR count). The predicted octanol–water partition coefficient (Wildman–Crippen LogP) is 3.57. The number of benzene rings is 2. The third-order valence-corrected chi connectivity index (χ3v) is 4.85. The van der Waals surface area contributed by atoms with Crippen LogP contribution in [0.5, 0.6) is 11.5 Å². The van der Waals surface area contributed by atoms with Gasteiger partial charge in [0, 0.05) is 10.1 Å². The van der Waals surface area contributed by atoms with Crippen molar-refractivity contribution in [3.8, 4) is 11.5 Å². The lowest BCUT2D eigenvalue weighted by atomic mass is 10.1. The normalized spacial score (nSPS) is 10.9. The summed E-state index contributed by atoms with van der Waals surface area (Å²) >= 11 is 2.21. The van der Waals surface area contributed by atoms with E-state index in [1.54, 1.807) is 18.8 Å². The zero-order valence-electron chi connectivity index (χ0n) is 14.4. The van der Waals surface area contributed by atoms with Gasteiger partial charge in [0.05, 0.1) is 25.1 Å². The molecule has 0 radical (unpaired) electrons. The van der Waals surface area contributed by atoms with Crippen molar-refractivity contribution in [2.45, 2.75) is 19.9 Å². The van der Waals surface area contributed by atoms with E-state index in [2.05, 4.69) is 27.6 Å². The number of methoxy groups -OCH3 is 2. The Balaban J connectivity index is 1.92. The number of fused-ring (bicyclic) bond motifs is 1. The first-order valence-corrected chi connectivity index (χ1v) is 8.99. The van der Waals surface area contributed by atoms with Crippen LogP contribution in [0.3, 0.4) is 0 Å². The van der Waals surface area contributed by atoms with Crippen molar-refractivity contribution in [2.75, 3.05) is 14.2 Å². The summed E-state index contributed by atoms with van der Waals surface area (Å²) in [6, 6.07) is 11.5. The molecular weight excluding hydrogens is 431 g/mol. The second kappa shape index (κ2) is 7.43. The minimum Gasteiger partial charge on any atom is -0.493 e. The summed E-state index contributed by atoms with van der Waals surface area (Å²) in [5.41, 5.74) is 1.82. The van der Waals surface area contributed by atoms with E-state index in [4.69, 9.17) is 9.47 Å². The van der Waals surface area contributed by atoms with E-state index < -0.39 is 0 Å². The Bertz CT molecular complexity index is 982. The molecule has 3 aromatic rings. The Labute approximate surface area is 159 Å². The van der Waals surface area contributed by atoms with E-state index in [9.17, 15) is 4.79 Å². The van der Waals surface area contributed by atoms with Gasteiger partial charge in [-0.3, -0.25) is 9.36 Å². The Morgan fingerprint density at radius 2 is 1.84 bits per heavy atom. The first kappa shape index (κ1) is 17.7. The topological polar surface area (TPSA) is 53.4 Å². The number of halogens is 1. The van der Waals surface area contributed by atoms with Crippen LogP contribution in [0.4, 0.5) is 0 Å². The molecule has 0 N–H and O–H groups in total. The summed E-state index contributed by atoms with van der Waals surface area (Å²) in [5.74, 6) is 2.11. The lowest BCUT2D eigenvalue weighted by Gasteiger charge is -2.12. The highest BCUT2D eigenvalue weighted by Gasteiger charge is 2.10. The number of hydrogen-bond donors (Lipinski definition) is 0. The fraction of sp³-hybridized carbons (Fsp3) is 0.263. The van der Waals surface area contributed by atoms with E-state index >= 15 is 0 Å². The van der Waals surface area contributed by atoms with Gasteiger partial charge >= 0.3 is 0 Å². The largest absolute Gasteiger partial charge is 0.493 e. The van der Waals surface area contributed by atoms with E-state index in [0.717, 1.165) is 20.5 Å². The molecule has 0 bridgehead atoms. The quantitative estimate of drug-likeness (QED) is 0.558. The minimum atomic E-state index is 0.00138. The zero-order chi connectivity index (χ0) is 18.0. The van der Waals surface area contributed by atoms with E-state index in [0.29, 0.717) is 29.9 Å². The van der Waals surface area contributed by atoms with Gasteiger partial charge in [0.25, 0.3) is 5.56 Å². The molecule has 6 heteroatoms. The summed E-state index contributed by atoms with van der Waals surface area (Å²) in [6.45, 7) is 2.43. The molecule has 0 spiro atoms. The summed E-state index contributed by atoms with van der Waals surface area (Å²) < 4.78 is 13.4. The summed E-state index contributed by atoms with van der Waals surface area (Å²) in [6.07, 6.45) is 0.707. The average molecular weight is 450 g/mol. The molecule has 0 fully saturated rings. The molecule has 130 valence electrons. The van der Waals surface area contributed by atoms with Crippen LogP contribution in [0, 0.1) is 10.5 Å². The van der Waals surface area contributed by atoms with Crippen molar-refractivity contribution in [1.82, 2.24) is 9.55 Å². The third kappa shape index (κ3) is 3.63. The summed E-state index contributed by atoms with van der Waals surface area (Å²) in [4.78, 5) is 17.4. The Hall–Kier alpha value is -2.09. The summed E-state index contributed by atoms with van der Waals surface area (Å²) in [7, 11) is 3.23. The van der Waals surface area contributed by atoms with E-state index in [1.165, 1.54) is 0 Å². The van der Waals surface area contributed by atoms with Crippen LogP contribution >= 0.6 is 22.6 Å². The second-order valence-electron chi connectivity index (χ2n) is 5.72. The Morgan fingerprint density at radius 3 is 2.56 bits per heavy atom. The lowest BCUT2D eigenvalue weighted by molar-refractivity contribution is 0.354. The average Bonchev–Trinajstić information content (AvgIpc) is 2.62. The van der Waals surface area contributed by atoms with Crippen molar-refractivity contribution >= 4 is 33.5 Å². The van der Waals surface area contributed by atoms with Crippen LogP contribution < -0.4 is 15.0 Å². The standard InChI is InChI=1S/C19H19IN2O3/c1-12-21-16-6-5-14(20)11-15(16)19(23)22(12)9-8-13-4-7-17(24-2)18(10-13)25-3/h4-7,10-11H,8-9H2,1-3H3. The fourth-order valence-electron chi connectivity index (χ4n) is 2.84. The molecule has 0 aliphatic rings. The number of nitrogens with zero attached hydrogens (tertiary/aromatic N) is 2. The highest BCUT2D eigenvalue weighted by molar-refractivity contribution is 14.1. The Kier molecular flexibility index (Phi) is 5.27.